The van der Waals surface area contributed by atoms with E-state index >= 15 is 0 Å². The first-order chi connectivity index (χ1) is 8.79. The molecule has 0 aliphatic rings. The molecule has 0 saturated carbocycles. The van der Waals surface area contributed by atoms with Crippen LogP contribution in [0.4, 0.5) is 0 Å². The third-order valence-electron chi connectivity index (χ3n) is 2.40. The van der Waals surface area contributed by atoms with Gasteiger partial charge in [-0.1, -0.05) is 18.2 Å². The average Bonchev–Trinajstić information content (AvgIpc) is 2.33. The molecule has 1 atom stereocenters. The maximum absolute atomic E-state index is 11.7. The molecule has 1 aromatic carbocycles. The highest BCUT2D eigenvalue weighted by molar-refractivity contribution is 7.90. The van der Waals surface area contributed by atoms with Crippen molar-refractivity contribution in [3.05, 3.63) is 35.9 Å². The van der Waals surface area contributed by atoms with Gasteiger partial charge < -0.3 is 15.2 Å². The summed E-state index contributed by atoms with van der Waals surface area (Å²) in [4.78, 5) is 22.6. The minimum absolute atomic E-state index is 0.222. The molecule has 1 amide bonds. The van der Waals surface area contributed by atoms with Crippen LogP contribution < -0.4 is 10.4 Å². The highest BCUT2D eigenvalue weighted by Gasteiger charge is 2.16. The molecule has 0 aliphatic carbocycles. The molecule has 0 saturated heterocycles. The Labute approximate surface area is 111 Å². The van der Waals surface area contributed by atoms with Crippen molar-refractivity contribution in [2.75, 3.05) is 12.0 Å². The first-order valence-electron chi connectivity index (χ1n) is 5.54. The Bertz CT molecular complexity index is 553. The van der Waals surface area contributed by atoms with Gasteiger partial charge in [0.25, 0.3) is 5.91 Å². The minimum atomic E-state index is -3.30. The second-order valence-corrected chi connectivity index (χ2v) is 6.39. The fraction of sp³-hybridized carbons (Fsp3) is 0.333. The van der Waals surface area contributed by atoms with Gasteiger partial charge in [0.2, 0.25) is 0 Å². The van der Waals surface area contributed by atoms with Gasteiger partial charge in [-0.15, -0.1) is 0 Å². The van der Waals surface area contributed by atoms with Gasteiger partial charge in [-0.3, -0.25) is 4.79 Å². The number of carbonyl (C=O) groups excluding carboxylic acids is 2. The number of carbonyl (C=O) groups is 2. The van der Waals surface area contributed by atoms with Crippen LogP contribution in [0.25, 0.3) is 0 Å². The van der Waals surface area contributed by atoms with Crippen LogP contribution in [0.5, 0.6) is 0 Å². The summed E-state index contributed by atoms with van der Waals surface area (Å²) in [6.45, 7) is 0. The molecule has 0 aromatic heterocycles. The molecule has 0 aliphatic heterocycles. The number of carboxylic acids is 1. The number of carboxylic acid groups (broad SMARTS) is 1. The van der Waals surface area contributed by atoms with Crippen molar-refractivity contribution < 1.29 is 23.1 Å². The van der Waals surface area contributed by atoms with Crippen LogP contribution in [0.1, 0.15) is 16.8 Å². The molecule has 1 aromatic rings. The highest BCUT2D eigenvalue weighted by atomic mass is 32.2. The smallest absolute Gasteiger partial charge is 0.251 e. The predicted octanol–water partition coefficient (Wildman–Crippen LogP) is -1.03. The lowest BCUT2D eigenvalue weighted by Crippen LogP contribution is -2.48. The standard InChI is InChI=1S/C12H15NO5S/c1-19(17,18)8-7-10(12(15)16)13-11(14)9-5-3-2-4-6-9/h2-6,10H,7-8H2,1H3,(H,13,14)(H,15,16)/p-1/t10-/m1/s1. The Kier molecular flexibility index (Phi) is 5.05. The number of aliphatic carboxylic acids is 1. The number of hydrogen-bond donors (Lipinski definition) is 1. The monoisotopic (exact) mass is 284 g/mol. The van der Waals surface area contributed by atoms with Crippen molar-refractivity contribution in [1.82, 2.24) is 5.32 Å². The summed E-state index contributed by atoms with van der Waals surface area (Å²) in [6, 6.07) is 6.72. The number of nitrogens with one attached hydrogen (secondary N) is 1. The number of benzene rings is 1. The summed E-state index contributed by atoms with van der Waals surface area (Å²) >= 11 is 0. The molecule has 0 fully saturated rings. The zero-order chi connectivity index (χ0) is 14.5. The molecule has 1 N–H and O–H groups in total. The molecule has 0 spiro atoms. The molecule has 0 heterocycles. The third kappa shape index (κ3) is 5.52. The van der Waals surface area contributed by atoms with Crippen molar-refractivity contribution in [1.29, 1.82) is 0 Å². The molecule has 7 heteroatoms. The van der Waals surface area contributed by atoms with Gasteiger partial charge in [-0.2, -0.15) is 0 Å². The minimum Gasteiger partial charge on any atom is -0.548 e. The zero-order valence-electron chi connectivity index (χ0n) is 10.3. The van der Waals surface area contributed by atoms with E-state index in [1.165, 1.54) is 12.1 Å². The Balaban J connectivity index is 2.69. The molecule has 1 rings (SSSR count). The number of hydrogen-bond acceptors (Lipinski definition) is 5. The number of rotatable bonds is 6. The van der Waals surface area contributed by atoms with Gasteiger partial charge in [0.05, 0.1) is 17.8 Å². The summed E-state index contributed by atoms with van der Waals surface area (Å²) in [7, 11) is -3.30. The van der Waals surface area contributed by atoms with Gasteiger partial charge >= 0.3 is 0 Å². The van der Waals surface area contributed by atoms with E-state index in [9.17, 15) is 23.1 Å². The molecule has 104 valence electrons. The maximum atomic E-state index is 11.7. The largest absolute Gasteiger partial charge is 0.548 e. The van der Waals surface area contributed by atoms with Crippen LogP contribution in [0.15, 0.2) is 30.3 Å². The van der Waals surface area contributed by atoms with Crippen molar-refractivity contribution in [2.45, 2.75) is 12.5 Å². The predicted molar refractivity (Wildman–Crippen MR) is 67.0 cm³/mol. The SMILES string of the molecule is CS(=O)(=O)CC[C@@H](NC(=O)c1ccccc1)C(=O)[O-]. The van der Waals surface area contributed by atoms with Gasteiger partial charge in [0, 0.05) is 11.8 Å². The van der Waals surface area contributed by atoms with Crippen molar-refractivity contribution in [3.63, 3.8) is 0 Å². The Morgan fingerprint density at radius 3 is 2.32 bits per heavy atom. The van der Waals surface area contributed by atoms with Crippen molar-refractivity contribution in [3.8, 4) is 0 Å². The molecular weight excluding hydrogens is 270 g/mol. The van der Waals surface area contributed by atoms with E-state index in [-0.39, 0.29) is 12.2 Å². The van der Waals surface area contributed by atoms with Crippen LogP contribution in [0.2, 0.25) is 0 Å². The third-order valence-corrected chi connectivity index (χ3v) is 3.38. The molecule has 6 nitrogen and oxygen atoms in total. The Morgan fingerprint density at radius 1 is 1.26 bits per heavy atom. The van der Waals surface area contributed by atoms with Crippen molar-refractivity contribution in [2.24, 2.45) is 0 Å². The van der Waals surface area contributed by atoms with E-state index in [0.29, 0.717) is 5.56 Å². The highest BCUT2D eigenvalue weighted by Crippen LogP contribution is 2.01. The first kappa shape index (κ1) is 15.2. The maximum Gasteiger partial charge on any atom is 0.251 e. The summed E-state index contributed by atoms with van der Waals surface area (Å²) in [5, 5.41) is 13.1. The Hall–Kier alpha value is -1.89. The lowest BCUT2D eigenvalue weighted by molar-refractivity contribution is -0.308. The average molecular weight is 284 g/mol. The van der Waals surface area contributed by atoms with Crippen LogP contribution in [-0.4, -0.2) is 38.3 Å². The van der Waals surface area contributed by atoms with E-state index in [4.69, 9.17) is 0 Å². The van der Waals surface area contributed by atoms with Gasteiger partial charge in [-0.25, -0.2) is 8.42 Å². The van der Waals surface area contributed by atoms with Crippen LogP contribution >= 0.6 is 0 Å². The number of amides is 1. The summed E-state index contributed by atoms with van der Waals surface area (Å²) in [6.07, 6.45) is 0.776. The summed E-state index contributed by atoms with van der Waals surface area (Å²) < 4.78 is 22.0. The quantitative estimate of drug-likeness (QED) is 0.719. The fourth-order valence-corrected chi connectivity index (χ4v) is 2.08. The van der Waals surface area contributed by atoms with Crippen molar-refractivity contribution >= 4 is 21.7 Å². The van der Waals surface area contributed by atoms with E-state index in [2.05, 4.69) is 5.32 Å². The van der Waals surface area contributed by atoms with E-state index in [1.54, 1.807) is 18.2 Å². The second-order valence-electron chi connectivity index (χ2n) is 4.13. The molecule has 0 bridgehead atoms. The van der Waals surface area contributed by atoms with E-state index < -0.39 is 27.8 Å². The van der Waals surface area contributed by atoms with E-state index in [1.807, 2.05) is 0 Å². The van der Waals surface area contributed by atoms with Crippen LogP contribution in [0, 0.1) is 0 Å². The normalized spacial score (nSPS) is 12.7. The first-order valence-corrected chi connectivity index (χ1v) is 7.60. The van der Waals surface area contributed by atoms with Gasteiger partial charge in [0.1, 0.15) is 9.84 Å². The lowest BCUT2D eigenvalue weighted by Gasteiger charge is -2.19. The van der Waals surface area contributed by atoms with Crippen LogP contribution in [0.3, 0.4) is 0 Å². The van der Waals surface area contributed by atoms with Gasteiger partial charge in [0.15, 0.2) is 0 Å². The number of sulfone groups is 1. The van der Waals surface area contributed by atoms with Crippen LogP contribution in [-0.2, 0) is 14.6 Å². The summed E-state index contributed by atoms with van der Waals surface area (Å²) in [5.74, 6) is -2.42. The second kappa shape index (κ2) is 6.33. The zero-order valence-corrected chi connectivity index (χ0v) is 11.1. The van der Waals surface area contributed by atoms with Gasteiger partial charge in [-0.05, 0) is 18.6 Å². The Morgan fingerprint density at radius 2 is 1.84 bits per heavy atom. The molecule has 19 heavy (non-hydrogen) atoms. The molecule has 0 unspecified atom stereocenters. The fourth-order valence-electron chi connectivity index (χ4n) is 1.41. The van der Waals surface area contributed by atoms with E-state index in [0.717, 1.165) is 6.26 Å². The lowest BCUT2D eigenvalue weighted by atomic mass is 10.1. The molecule has 0 radical (unpaired) electrons. The summed E-state index contributed by atoms with van der Waals surface area (Å²) in [5.41, 5.74) is 0.299. The topological polar surface area (TPSA) is 103 Å². The molecular formula is C12H14NO5S-.